The maximum atomic E-state index is 12.5. The number of amides is 2. The summed E-state index contributed by atoms with van der Waals surface area (Å²) in [6, 6.07) is 8.33. The number of ether oxygens (including phenoxy) is 1. The summed E-state index contributed by atoms with van der Waals surface area (Å²) in [5.74, 6) is 0.0651. The zero-order chi connectivity index (χ0) is 20.0. The Bertz CT molecular complexity index is 628. The second kappa shape index (κ2) is 9.62. The third-order valence-electron chi connectivity index (χ3n) is 4.74. The van der Waals surface area contributed by atoms with Gasteiger partial charge in [0.15, 0.2) is 0 Å². The molecule has 0 spiro atoms. The predicted molar refractivity (Wildman–Crippen MR) is 108 cm³/mol. The van der Waals surface area contributed by atoms with E-state index < -0.39 is 0 Å². The molecule has 0 unspecified atom stereocenters. The molecule has 0 saturated carbocycles. The zero-order valence-corrected chi connectivity index (χ0v) is 17.2. The summed E-state index contributed by atoms with van der Waals surface area (Å²) in [6.07, 6.45) is 1.55. The fraction of sp³-hybridized carbons (Fsp3) is 0.619. The highest BCUT2D eigenvalue weighted by atomic mass is 16.6. The second-order valence-corrected chi connectivity index (χ2v) is 7.91. The molecule has 6 nitrogen and oxygen atoms in total. The van der Waals surface area contributed by atoms with Crippen LogP contribution in [0.1, 0.15) is 46.1 Å². The largest absolute Gasteiger partial charge is 0.445 e. The Labute approximate surface area is 162 Å². The predicted octanol–water partition coefficient (Wildman–Crippen LogP) is 3.72. The Morgan fingerprint density at radius 2 is 1.89 bits per heavy atom. The molecule has 1 fully saturated rings. The van der Waals surface area contributed by atoms with Crippen molar-refractivity contribution in [3.8, 4) is 0 Å². The van der Waals surface area contributed by atoms with Crippen molar-refractivity contribution in [3.05, 3.63) is 29.8 Å². The molecule has 0 radical (unpaired) electrons. The van der Waals surface area contributed by atoms with E-state index in [4.69, 9.17) is 4.74 Å². The maximum Gasteiger partial charge on any atom is 0.410 e. The highest BCUT2D eigenvalue weighted by Gasteiger charge is 2.31. The lowest BCUT2D eigenvalue weighted by molar-refractivity contribution is -0.133. The fourth-order valence-corrected chi connectivity index (χ4v) is 3.37. The Morgan fingerprint density at radius 1 is 1.22 bits per heavy atom. The standard InChI is InChI=1S/C21H33N3O3/c1-15(2)20(25)23(5)13-19-7-6-12-24(19)21(26)27-14-17-8-10-18(11-9-17)22-16(3)4/h8-11,15-16,19,22H,6-7,12-14H2,1-5H3/t19-/m1/s1. The van der Waals surface area contributed by atoms with Crippen molar-refractivity contribution in [1.82, 2.24) is 9.80 Å². The molecule has 0 aliphatic carbocycles. The summed E-state index contributed by atoms with van der Waals surface area (Å²) in [4.78, 5) is 28.1. The Kier molecular flexibility index (Phi) is 7.51. The normalized spacial score (nSPS) is 16.7. The smallest absolute Gasteiger partial charge is 0.410 e. The average molecular weight is 376 g/mol. The highest BCUT2D eigenvalue weighted by molar-refractivity contribution is 5.78. The van der Waals surface area contributed by atoms with Crippen LogP contribution in [0.5, 0.6) is 0 Å². The van der Waals surface area contributed by atoms with Gasteiger partial charge in [0.2, 0.25) is 5.91 Å². The summed E-state index contributed by atoms with van der Waals surface area (Å²) >= 11 is 0. The number of carbonyl (C=O) groups is 2. The van der Waals surface area contributed by atoms with Gasteiger partial charge in [-0.1, -0.05) is 26.0 Å². The van der Waals surface area contributed by atoms with Crippen LogP contribution in [0, 0.1) is 5.92 Å². The molecule has 1 N–H and O–H groups in total. The molecule has 1 heterocycles. The van der Waals surface area contributed by atoms with E-state index in [0.717, 1.165) is 24.1 Å². The number of benzene rings is 1. The van der Waals surface area contributed by atoms with Crippen molar-refractivity contribution >= 4 is 17.7 Å². The highest BCUT2D eigenvalue weighted by Crippen LogP contribution is 2.20. The molecule has 27 heavy (non-hydrogen) atoms. The Hall–Kier alpha value is -2.24. The van der Waals surface area contributed by atoms with Crippen LogP contribution >= 0.6 is 0 Å². The van der Waals surface area contributed by atoms with Crippen LogP contribution in [0.15, 0.2) is 24.3 Å². The number of hydrogen-bond donors (Lipinski definition) is 1. The molecule has 1 aliphatic heterocycles. The van der Waals surface area contributed by atoms with Crippen molar-refractivity contribution < 1.29 is 14.3 Å². The lowest BCUT2D eigenvalue weighted by Crippen LogP contribution is -2.44. The van der Waals surface area contributed by atoms with Gasteiger partial charge in [0.1, 0.15) is 6.61 Å². The summed E-state index contributed by atoms with van der Waals surface area (Å²) < 4.78 is 5.52. The number of nitrogens with zero attached hydrogens (tertiary/aromatic N) is 2. The van der Waals surface area contributed by atoms with Crippen LogP contribution in [-0.4, -0.2) is 54.0 Å². The number of rotatable bonds is 7. The first-order valence-electron chi connectivity index (χ1n) is 9.81. The van der Waals surface area contributed by atoms with Crippen LogP contribution in [0.4, 0.5) is 10.5 Å². The van der Waals surface area contributed by atoms with Crippen molar-refractivity contribution in [3.63, 3.8) is 0 Å². The van der Waals surface area contributed by atoms with Gasteiger partial charge < -0.3 is 19.9 Å². The quantitative estimate of drug-likeness (QED) is 0.789. The van der Waals surface area contributed by atoms with E-state index in [-0.39, 0.29) is 30.6 Å². The molecule has 1 aromatic carbocycles. The molecule has 1 atom stereocenters. The summed E-state index contributed by atoms with van der Waals surface area (Å²) in [5, 5.41) is 3.33. The average Bonchev–Trinajstić information content (AvgIpc) is 3.07. The number of hydrogen-bond acceptors (Lipinski definition) is 4. The number of nitrogens with one attached hydrogen (secondary N) is 1. The van der Waals surface area contributed by atoms with Crippen LogP contribution in [0.25, 0.3) is 0 Å². The first-order valence-corrected chi connectivity index (χ1v) is 9.81. The molecule has 1 saturated heterocycles. The lowest BCUT2D eigenvalue weighted by atomic mass is 10.1. The number of likely N-dealkylation sites (tertiary alicyclic amines) is 1. The summed E-state index contributed by atoms with van der Waals surface area (Å²) in [6.45, 7) is 9.46. The van der Waals surface area contributed by atoms with Gasteiger partial charge in [0.05, 0.1) is 6.04 Å². The molecule has 150 valence electrons. The first-order chi connectivity index (χ1) is 12.8. The molecule has 0 aromatic heterocycles. The van der Waals surface area contributed by atoms with Crippen LogP contribution in [-0.2, 0) is 16.1 Å². The van der Waals surface area contributed by atoms with Gasteiger partial charge in [0, 0.05) is 37.8 Å². The molecule has 6 heteroatoms. The van der Waals surface area contributed by atoms with Crippen molar-refractivity contribution in [2.45, 2.75) is 59.2 Å². The molecule has 2 rings (SSSR count). The summed E-state index contributed by atoms with van der Waals surface area (Å²) in [5.41, 5.74) is 2.01. The number of likely N-dealkylation sites (N-methyl/N-ethyl adjacent to an activating group) is 1. The van der Waals surface area contributed by atoms with Crippen LogP contribution < -0.4 is 5.32 Å². The van der Waals surface area contributed by atoms with Crippen LogP contribution in [0.3, 0.4) is 0 Å². The van der Waals surface area contributed by atoms with Crippen LogP contribution in [0.2, 0.25) is 0 Å². The van der Waals surface area contributed by atoms with Gasteiger partial charge in [-0.25, -0.2) is 4.79 Å². The topological polar surface area (TPSA) is 61.9 Å². The van der Waals surface area contributed by atoms with E-state index >= 15 is 0 Å². The molecule has 1 aliphatic rings. The second-order valence-electron chi connectivity index (χ2n) is 7.91. The van der Waals surface area contributed by atoms with Crippen molar-refractivity contribution in [2.75, 3.05) is 25.5 Å². The van der Waals surface area contributed by atoms with E-state index in [9.17, 15) is 9.59 Å². The van der Waals surface area contributed by atoms with E-state index in [1.54, 1.807) is 16.8 Å². The van der Waals surface area contributed by atoms with E-state index in [1.165, 1.54) is 0 Å². The minimum absolute atomic E-state index is 0.0304. The summed E-state index contributed by atoms with van der Waals surface area (Å²) in [7, 11) is 1.80. The molecular weight excluding hydrogens is 342 g/mol. The van der Waals surface area contributed by atoms with Gasteiger partial charge in [0.25, 0.3) is 0 Å². The van der Waals surface area contributed by atoms with Gasteiger partial charge >= 0.3 is 6.09 Å². The monoisotopic (exact) mass is 375 g/mol. The Morgan fingerprint density at radius 3 is 2.48 bits per heavy atom. The van der Waals surface area contributed by atoms with E-state index in [0.29, 0.717) is 19.1 Å². The minimum atomic E-state index is -0.299. The van der Waals surface area contributed by atoms with Gasteiger partial charge in [-0.15, -0.1) is 0 Å². The van der Waals surface area contributed by atoms with E-state index in [2.05, 4.69) is 19.2 Å². The molecule has 1 aromatic rings. The molecular formula is C21H33N3O3. The van der Waals surface area contributed by atoms with Gasteiger partial charge in [-0.3, -0.25) is 4.79 Å². The Balaban J connectivity index is 1.86. The third-order valence-corrected chi connectivity index (χ3v) is 4.74. The number of anilines is 1. The lowest BCUT2D eigenvalue weighted by Gasteiger charge is -2.29. The van der Waals surface area contributed by atoms with E-state index in [1.807, 2.05) is 38.1 Å². The third kappa shape index (κ3) is 6.15. The molecule has 0 bridgehead atoms. The van der Waals surface area contributed by atoms with Crippen molar-refractivity contribution in [1.29, 1.82) is 0 Å². The van der Waals surface area contributed by atoms with Crippen molar-refractivity contribution in [2.24, 2.45) is 5.92 Å². The first kappa shape index (κ1) is 21.1. The fourth-order valence-electron chi connectivity index (χ4n) is 3.37. The number of carbonyl (C=O) groups excluding carboxylic acids is 2. The maximum absolute atomic E-state index is 12.5. The van der Waals surface area contributed by atoms with Gasteiger partial charge in [-0.2, -0.15) is 0 Å². The van der Waals surface area contributed by atoms with Gasteiger partial charge in [-0.05, 0) is 44.4 Å². The zero-order valence-electron chi connectivity index (χ0n) is 17.2. The molecule has 2 amide bonds. The minimum Gasteiger partial charge on any atom is -0.445 e. The SMILES string of the molecule is CC(C)Nc1ccc(COC(=O)N2CCC[C@@H]2CN(C)C(=O)C(C)C)cc1.